The van der Waals surface area contributed by atoms with Gasteiger partial charge in [0.25, 0.3) is 7.41 Å². The van der Waals surface area contributed by atoms with Gasteiger partial charge in [-0.2, -0.15) is 0 Å². The Bertz CT molecular complexity index is 498. The Morgan fingerprint density at radius 2 is 1.84 bits per heavy atom. The molecule has 2 atom stereocenters. The molecule has 0 rings (SSSR count). The summed E-state index contributed by atoms with van der Waals surface area (Å²) < 4.78 is 5.01. The molecule has 0 aromatic heterocycles. The normalized spacial score (nSPS) is 14.7. The lowest BCUT2D eigenvalue weighted by molar-refractivity contribution is -0.139. The lowest BCUT2D eigenvalue weighted by atomic mass is 9.81. The molecule has 25 heavy (non-hydrogen) atoms. The first-order chi connectivity index (χ1) is 11.5. The number of rotatable bonds is 9. The second-order valence-electron chi connectivity index (χ2n) is 7.52. The molecule has 141 valence electrons. The van der Waals surface area contributed by atoms with Gasteiger partial charge in [-0.1, -0.05) is 40.7 Å². The maximum Gasteiger partial charge on any atom is 0.333 e. The molecule has 1 radical (unpaired) electrons. The van der Waals surface area contributed by atoms with Crippen LogP contribution in [0.4, 0.5) is 0 Å². The molecule has 0 saturated carbocycles. The van der Waals surface area contributed by atoms with Crippen LogP contribution in [0.2, 0.25) is 0 Å². The molecule has 0 aliphatic carbocycles. The van der Waals surface area contributed by atoms with Crippen LogP contribution in [0.3, 0.4) is 0 Å². The van der Waals surface area contributed by atoms with Crippen LogP contribution in [0.25, 0.3) is 0 Å². The van der Waals surface area contributed by atoms with Gasteiger partial charge in [0.1, 0.15) is 0 Å². The van der Waals surface area contributed by atoms with E-state index in [1.165, 1.54) is 7.41 Å². The van der Waals surface area contributed by atoms with Crippen molar-refractivity contribution in [3.8, 4) is 0 Å². The first-order valence-corrected chi connectivity index (χ1v) is 8.62. The summed E-state index contributed by atoms with van der Waals surface area (Å²) in [5.74, 6) is -0.417. The molecule has 7 heteroatoms. The van der Waals surface area contributed by atoms with Crippen LogP contribution in [0.5, 0.6) is 0 Å². The summed E-state index contributed by atoms with van der Waals surface area (Å²) >= 11 is 0. The summed E-state index contributed by atoms with van der Waals surface area (Å²) in [7, 11) is 2.95. The van der Waals surface area contributed by atoms with Crippen molar-refractivity contribution in [3.63, 3.8) is 0 Å². The fourth-order valence-electron chi connectivity index (χ4n) is 2.50. The van der Waals surface area contributed by atoms with Crippen LogP contribution in [-0.2, 0) is 19.1 Å². The zero-order valence-electron chi connectivity index (χ0n) is 16.8. The summed E-state index contributed by atoms with van der Waals surface area (Å²) in [5.41, 5.74) is 0.0895. The molecule has 0 saturated heterocycles. The average molecular weight is 351 g/mol. The zero-order chi connectivity index (χ0) is 19.8. The highest BCUT2D eigenvalue weighted by Crippen LogP contribution is 2.23. The monoisotopic (exact) mass is 351 g/mol. The molecule has 0 aromatic rings. The predicted octanol–water partition coefficient (Wildman–Crippen LogP) is 1.79. The van der Waals surface area contributed by atoms with Gasteiger partial charge < -0.3 is 19.7 Å². The minimum Gasteiger partial charge on any atom is -0.463 e. The highest BCUT2D eigenvalue weighted by atomic mass is 16.5. The van der Waals surface area contributed by atoms with Gasteiger partial charge in [0.2, 0.25) is 5.91 Å². The second-order valence-corrected chi connectivity index (χ2v) is 7.52. The molecule has 0 fully saturated rings. The van der Waals surface area contributed by atoms with Gasteiger partial charge in [-0.05, 0) is 25.2 Å². The number of hydrogen-bond donors (Lipinski definition) is 1. The predicted molar refractivity (Wildman–Crippen MR) is 101 cm³/mol. The van der Waals surface area contributed by atoms with Gasteiger partial charge in [-0.3, -0.25) is 4.79 Å². The maximum atomic E-state index is 13.0. The topological polar surface area (TPSA) is 75.7 Å². The van der Waals surface area contributed by atoms with E-state index in [0.29, 0.717) is 18.4 Å². The maximum absolute atomic E-state index is 13.0. The molecule has 0 heterocycles. The number of ether oxygens (including phenoxy) is 1. The molecule has 0 aliphatic heterocycles. The van der Waals surface area contributed by atoms with Crippen molar-refractivity contribution < 1.29 is 19.1 Å². The molecule has 0 aromatic carbocycles. The van der Waals surface area contributed by atoms with E-state index in [1.54, 1.807) is 31.9 Å². The summed E-state index contributed by atoms with van der Waals surface area (Å²) in [6.07, 6.45) is 2.39. The van der Waals surface area contributed by atoms with Crippen molar-refractivity contribution in [2.24, 2.45) is 11.3 Å². The zero-order valence-corrected chi connectivity index (χ0v) is 16.8. The van der Waals surface area contributed by atoms with E-state index in [1.807, 2.05) is 34.6 Å². The van der Waals surface area contributed by atoms with E-state index in [0.717, 1.165) is 0 Å². The number of esters is 1. The van der Waals surface area contributed by atoms with Gasteiger partial charge in [-0.25, -0.2) is 4.79 Å². The van der Waals surface area contributed by atoms with Gasteiger partial charge >= 0.3 is 5.97 Å². The molecule has 6 nitrogen and oxygen atoms in total. The number of carbonyl (C=O) groups is 3. The van der Waals surface area contributed by atoms with Crippen molar-refractivity contribution in [1.29, 1.82) is 0 Å². The fourth-order valence-corrected chi connectivity index (χ4v) is 2.50. The van der Waals surface area contributed by atoms with Crippen LogP contribution in [0.15, 0.2) is 11.6 Å². The van der Waals surface area contributed by atoms with Crippen molar-refractivity contribution in [2.45, 2.75) is 60.5 Å². The lowest BCUT2D eigenvalue weighted by Gasteiger charge is -2.37. The number of carbonyl (C=O) groups excluding carboxylic acids is 3. The summed E-state index contributed by atoms with van der Waals surface area (Å²) in [5, 5.41) is 2.88. The van der Waals surface area contributed by atoms with Crippen LogP contribution in [0, 0.1) is 11.3 Å². The Kier molecular flexibility index (Phi) is 9.71. The molecule has 0 unspecified atom stereocenters. The molecule has 0 aliphatic rings. The Morgan fingerprint density at radius 3 is 2.24 bits per heavy atom. The second kappa shape index (κ2) is 10.4. The number of nitrogens with one attached hydrogen (secondary N) is 1. The Morgan fingerprint density at radius 1 is 1.28 bits per heavy atom. The quantitative estimate of drug-likeness (QED) is 0.297. The lowest BCUT2D eigenvalue weighted by Crippen LogP contribution is -2.56. The van der Waals surface area contributed by atoms with Gasteiger partial charge in [0.05, 0.1) is 24.9 Å². The largest absolute Gasteiger partial charge is 0.463 e. The highest BCUT2D eigenvalue weighted by Gasteiger charge is 2.35. The molecule has 1 N–H and O–H groups in total. The van der Waals surface area contributed by atoms with Crippen LogP contribution < -0.4 is 5.23 Å². The number of likely N-dealkylation sites (N-methyl/N-ethyl adjacent to an activating group) is 1. The van der Waals surface area contributed by atoms with Gasteiger partial charge in [0.15, 0.2) is 0 Å². The van der Waals surface area contributed by atoms with E-state index >= 15 is 0 Å². The minimum atomic E-state index is -0.555. The van der Waals surface area contributed by atoms with Crippen molar-refractivity contribution in [1.82, 2.24) is 10.1 Å². The van der Waals surface area contributed by atoms with E-state index in [-0.39, 0.29) is 29.3 Å². The SMILES string of the molecule is CCOC(=O)/C(C)=C/[C@H](C(C)C)N(C)C(=O)[C@@H](N[B]C=O)C(C)(C)C. The standard InChI is InChI=1S/C18H32BN2O4/c1-9-25-17(24)13(4)10-14(12(2)3)21(8)16(23)15(18(5,6)7)20-19-11-22/h10-12,14-15,20H,9H2,1-8H3/b13-10+/t14-,15-/m1/s1. The summed E-state index contributed by atoms with van der Waals surface area (Å²) in [6.45, 7) is 13.5. The van der Waals surface area contributed by atoms with Gasteiger partial charge in [-0.15, -0.1) is 0 Å². The summed E-state index contributed by atoms with van der Waals surface area (Å²) in [4.78, 5) is 37.1. The number of nitrogens with zero attached hydrogens (tertiary/aromatic N) is 1. The Labute approximate surface area is 152 Å². The van der Waals surface area contributed by atoms with Gasteiger partial charge in [0, 0.05) is 12.6 Å². The number of amides is 1. The average Bonchev–Trinajstić information content (AvgIpc) is 2.50. The third-order valence-corrected chi connectivity index (χ3v) is 3.94. The Hall–Kier alpha value is -1.63. The van der Waals surface area contributed by atoms with Crippen molar-refractivity contribution >= 4 is 25.5 Å². The molecule has 0 spiro atoms. The van der Waals surface area contributed by atoms with Crippen LogP contribution in [-0.4, -0.2) is 56.1 Å². The van der Waals surface area contributed by atoms with E-state index in [9.17, 15) is 14.4 Å². The summed E-state index contributed by atoms with van der Waals surface area (Å²) in [6, 6.07) is -0.819. The van der Waals surface area contributed by atoms with Crippen LogP contribution >= 0.6 is 0 Å². The molecule has 0 bridgehead atoms. The molecule has 1 amide bonds. The van der Waals surface area contributed by atoms with E-state index in [2.05, 4.69) is 5.23 Å². The third-order valence-electron chi connectivity index (χ3n) is 3.94. The molecular formula is C18H32BN2O4. The smallest absolute Gasteiger partial charge is 0.333 e. The third kappa shape index (κ3) is 7.42. The van der Waals surface area contributed by atoms with Crippen molar-refractivity contribution in [2.75, 3.05) is 13.7 Å². The highest BCUT2D eigenvalue weighted by molar-refractivity contribution is 6.64. The number of hydrogen-bond acceptors (Lipinski definition) is 5. The van der Waals surface area contributed by atoms with E-state index in [4.69, 9.17) is 4.74 Å². The van der Waals surface area contributed by atoms with E-state index < -0.39 is 6.04 Å². The van der Waals surface area contributed by atoms with Crippen LogP contribution in [0.1, 0.15) is 48.5 Å². The fraction of sp³-hybridized carbons (Fsp3) is 0.722. The van der Waals surface area contributed by atoms with Crippen molar-refractivity contribution in [3.05, 3.63) is 11.6 Å². The minimum absolute atomic E-state index is 0.106. The first kappa shape index (κ1) is 23.4. The first-order valence-electron chi connectivity index (χ1n) is 8.62. The Balaban J connectivity index is 5.53. The molecular weight excluding hydrogens is 319 g/mol.